The first-order valence-corrected chi connectivity index (χ1v) is 5.99. The normalized spacial score (nSPS) is 21.8. The Kier molecular flexibility index (Phi) is 3.46. The first-order chi connectivity index (χ1) is 9.35. The minimum Gasteiger partial charge on any atom is -0.480 e. The molecular weight excluding hydrogens is 264 g/mol. The van der Waals surface area contributed by atoms with Gasteiger partial charge in [0.1, 0.15) is 5.54 Å². The van der Waals surface area contributed by atoms with Crippen LogP contribution < -0.4 is 5.73 Å². The number of likely N-dealkylation sites (tertiary alicyclic amines) is 1. The lowest BCUT2D eigenvalue weighted by atomic mass is 10.0. The first-order valence-electron chi connectivity index (χ1n) is 5.99. The molecule has 0 spiro atoms. The van der Waals surface area contributed by atoms with E-state index in [0.29, 0.717) is 0 Å². The Morgan fingerprint density at radius 2 is 1.75 bits per heavy atom. The van der Waals surface area contributed by atoms with Crippen molar-refractivity contribution in [2.75, 3.05) is 13.1 Å². The summed E-state index contributed by atoms with van der Waals surface area (Å²) >= 11 is 0. The number of amides is 1. The Labute approximate surface area is 114 Å². The number of nitrogens with two attached hydrogens (primary N) is 1. The Balaban J connectivity index is 2.26. The lowest BCUT2D eigenvalue weighted by Gasteiger charge is -2.20. The highest BCUT2D eigenvalue weighted by Gasteiger charge is 2.43. The van der Waals surface area contributed by atoms with Gasteiger partial charge < -0.3 is 20.8 Å². The number of aliphatic carboxylic acids is 1. The van der Waals surface area contributed by atoms with Crippen LogP contribution in [0.1, 0.15) is 27.1 Å². The van der Waals surface area contributed by atoms with Gasteiger partial charge in [0.2, 0.25) is 0 Å². The van der Waals surface area contributed by atoms with Crippen molar-refractivity contribution < 1.29 is 24.6 Å². The number of hydrogen-bond donors (Lipinski definition) is 3. The third-order valence-corrected chi connectivity index (χ3v) is 3.40. The minimum atomic E-state index is -1.46. The molecule has 0 bridgehead atoms. The maximum Gasteiger partial charge on any atom is 0.336 e. The van der Waals surface area contributed by atoms with Crippen LogP contribution in [0.25, 0.3) is 0 Å². The summed E-state index contributed by atoms with van der Waals surface area (Å²) in [5, 5.41) is 18.1. The molecule has 7 nitrogen and oxygen atoms in total. The molecule has 1 heterocycles. The fourth-order valence-corrected chi connectivity index (χ4v) is 2.21. The van der Waals surface area contributed by atoms with Crippen LogP contribution in [0.3, 0.4) is 0 Å². The molecule has 20 heavy (non-hydrogen) atoms. The van der Waals surface area contributed by atoms with Crippen LogP contribution in [0, 0.1) is 0 Å². The Morgan fingerprint density at radius 3 is 2.25 bits per heavy atom. The molecule has 1 aliphatic rings. The van der Waals surface area contributed by atoms with E-state index in [1.165, 1.54) is 23.1 Å². The molecule has 1 aromatic rings. The van der Waals surface area contributed by atoms with Crippen LogP contribution in [-0.4, -0.2) is 51.6 Å². The Hall–Kier alpha value is -2.41. The molecule has 2 rings (SSSR count). The number of carboxylic acids is 2. The van der Waals surface area contributed by atoms with E-state index in [0.717, 1.165) is 0 Å². The zero-order chi connectivity index (χ0) is 14.9. The van der Waals surface area contributed by atoms with Crippen molar-refractivity contribution in [2.24, 2.45) is 5.73 Å². The van der Waals surface area contributed by atoms with E-state index in [1.54, 1.807) is 6.07 Å². The van der Waals surface area contributed by atoms with Gasteiger partial charge in [-0.3, -0.25) is 9.59 Å². The summed E-state index contributed by atoms with van der Waals surface area (Å²) in [5.74, 6) is -2.89. The van der Waals surface area contributed by atoms with Gasteiger partial charge in [-0.1, -0.05) is 12.1 Å². The summed E-state index contributed by atoms with van der Waals surface area (Å²) in [6.07, 6.45) is 0.142. The maximum absolute atomic E-state index is 12.3. The predicted octanol–water partition coefficient (Wildman–Crippen LogP) is 0.0128. The van der Waals surface area contributed by atoms with Crippen molar-refractivity contribution in [1.29, 1.82) is 0 Å². The molecular formula is C13H14N2O5. The highest BCUT2D eigenvalue weighted by atomic mass is 16.4. The van der Waals surface area contributed by atoms with E-state index in [1.807, 2.05) is 0 Å². The average molecular weight is 278 g/mol. The van der Waals surface area contributed by atoms with Crippen molar-refractivity contribution in [2.45, 2.75) is 12.0 Å². The molecule has 0 aromatic heterocycles. The van der Waals surface area contributed by atoms with Gasteiger partial charge in [-0.15, -0.1) is 0 Å². The molecule has 0 unspecified atom stereocenters. The lowest BCUT2D eigenvalue weighted by Crippen LogP contribution is -2.50. The molecule has 0 aliphatic carbocycles. The number of carbonyl (C=O) groups is 3. The number of benzene rings is 1. The lowest BCUT2D eigenvalue weighted by molar-refractivity contribution is -0.142. The zero-order valence-corrected chi connectivity index (χ0v) is 10.6. The number of aromatic carboxylic acids is 1. The van der Waals surface area contributed by atoms with E-state index < -0.39 is 23.4 Å². The van der Waals surface area contributed by atoms with Gasteiger partial charge in [0.05, 0.1) is 11.1 Å². The molecule has 1 aromatic carbocycles. The van der Waals surface area contributed by atoms with Crippen molar-refractivity contribution in [3.05, 3.63) is 35.4 Å². The third-order valence-electron chi connectivity index (χ3n) is 3.40. The number of carboxylic acid groups (broad SMARTS) is 2. The number of nitrogens with zero attached hydrogens (tertiary/aromatic N) is 1. The molecule has 7 heteroatoms. The SMILES string of the molecule is N[C@@]1(C(=O)O)CCN(C(=O)c2ccccc2C(=O)O)C1. The molecule has 1 saturated heterocycles. The quantitative estimate of drug-likeness (QED) is 0.716. The van der Waals surface area contributed by atoms with Gasteiger partial charge in [0.25, 0.3) is 5.91 Å². The number of rotatable bonds is 3. The first kappa shape index (κ1) is 14.0. The largest absolute Gasteiger partial charge is 0.480 e. The monoisotopic (exact) mass is 278 g/mol. The van der Waals surface area contributed by atoms with Crippen molar-refractivity contribution >= 4 is 17.8 Å². The van der Waals surface area contributed by atoms with Gasteiger partial charge in [-0.05, 0) is 18.6 Å². The number of carbonyl (C=O) groups excluding carboxylic acids is 1. The van der Waals surface area contributed by atoms with Crippen LogP contribution in [0.4, 0.5) is 0 Å². The summed E-state index contributed by atoms with van der Waals surface area (Å²) in [6.45, 7) is 0.0602. The van der Waals surface area contributed by atoms with Crippen LogP contribution in [0.15, 0.2) is 24.3 Å². The maximum atomic E-state index is 12.3. The molecule has 0 saturated carbocycles. The predicted molar refractivity (Wildman–Crippen MR) is 68.5 cm³/mol. The Morgan fingerprint density at radius 1 is 1.15 bits per heavy atom. The fourth-order valence-electron chi connectivity index (χ4n) is 2.21. The highest BCUT2D eigenvalue weighted by molar-refractivity contribution is 6.05. The van der Waals surface area contributed by atoms with Crippen molar-refractivity contribution in [1.82, 2.24) is 4.90 Å². The second-order valence-electron chi connectivity index (χ2n) is 4.79. The summed E-state index contributed by atoms with van der Waals surface area (Å²) in [4.78, 5) is 35.7. The number of hydrogen-bond acceptors (Lipinski definition) is 4. The summed E-state index contributed by atoms with van der Waals surface area (Å²) < 4.78 is 0. The van der Waals surface area contributed by atoms with Gasteiger partial charge in [0.15, 0.2) is 0 Å². The summed E-state index contributed by atoms with van der Waals surface area (Å²) in [5.41, 5.74) is 4.16. The summed E-state index contributed by atoms with van der Waals surface area (Å²) in [7, 11) is 0. The van der Waals surface area contributed by atoms with E-state index in [2.05, 4.69) is 0 Å². The Bertz CT molecular complexity index is 586. The van der Waals surface area contributed by atoms with Crippen LogP contribution in [0.5, 0.6) is 0 Å². The van der Waals surface area contributed by atoms with E-state index >= 15 is 0 Å². The highest BCUT2D eigenvalue weighted by Crippen LogP contribution is 2.22. The van der Waals surface area contributed by atoms with Gasteiger partial charge in [-0.2, -0.15) is 0 Å². The zero-order valence-electron chi connectivity index (χ0n) is 10.6. The van der Waals surface area contributed by atoms with Gasteiger partial charge >= 0.3 is 11.9 Å². The van der Waals surface area contributed by atoms with Gasteiger partial charge in [-0.25, -0.2) is 4.79 Å². The third kappa shape index (κ3) is 2.35. The molecule has 1 fully saturated rings. The van der Waals surface area contributed by atoms with Crippen LogP contribution >= 0.6 is 0 Å². The van der Waals surface area contributed by atoms with Crippen molar-refractivity contribution in [3.8, 4) is 0 Å². The standard InChI is InChI=1S/C13H14N2O5/c14-13(12(19)20)5-6-15(7-13)10(16)8-3-1-2-4-9(8)11(17)18/h1-4H,5-7,14H2,(H,17,18)(H,19,20)/t13-/m0/s1. The van der Waals surface area contributed by atoms with Crippen LogP contribution in [-0.2, 0) is 4.79 Å². The second-order valence-corrected chi connectivity index (χ2v) is 4.79. The minimum absolute atomic E-state index is 0.0367. The molecule has 1 aliphatic heterocycles. The average Bonchev–Trinajstić information content (AvgIpc) is 2.82. The van der Waals surface area contributed by atoms with E-state index in [9.17, 15) is 14.4 Å². The van der Waals surface area contributed by atoms with E-state index in [4.69, 9.17) is 15.9 Å². The van der Waals surface area contributed by atoms with Crippen molar-refractivity contribution in [3.63, 3.8) is 0 Å². The van der Waals surface area contributed by atoms with Crippen LogP contribution in [0.2, 0.25) is 0 Å². The molecule has 106 valence electrons. The molecule has 4 N–H and O–H groups in total. The topological polar surface area (TPSA) is 121 Å². The van der Waals surface area contributed by atoms with E-state index in [-0.39, 0.29) is 30.6 Å². The summed E-state index contributed by atoms with van der Waals surface area (Å²) in [6, 6.07) is 5.82. The molecule has 1 amide bonds. The fraction of sp³-hybridized carbons (Fsp3) is 0.308. The molecule has 0 radical (unpaired) electrons. The molecule has 1 atom stereocenters. The van der Waals surface area contributed by atoms with Gasteiger partial charge in [0, 0.05) is 13.1 Å². The second kappa shape index (κ2) is 4.93. The smallest absolute Gasteiger partial charge is 0.336 e.